The van der Waals surface area contributed by atoms with E-state index in [2.05, 4.69) is 15.0 Å². The minimum Gasteiger partial charge on any atom is -0.369 e. The molecule has 21 heavy (non-hydrogen) atoms. The van der Waals surface area contributed by atoms with Crippen LogP contribution in [0.1, 0.15) is 11.3 Å². The molecule has 0 amide bonds. The van der Waals surface area contributed by atoms with Crippen LogP contribution in [0.25, 0.3) is 11.1 Å². The zero-order chi connectivity index (χ0) is 15.0. The Bertz CT molecular complexity index is 726. The molecule has 1 heterocycles. The Balaban J connectivity index is 2.09. The Morgan fingerprint density at radius 1 is 1.19 bits per heavy atom. The number of halogens is 2. The van der Waals surface area contributed by atoms with Crippen LogP contribution in [-0.4, -0.2) is 35.3 Å². The van der Waals surface area contributed by atoms with E-state index in [1.54, 1.807) is 6.34 Å². The summed E-state index contributed by atoms with van der Waals surface area (Å²) in [5.74, 6) is 0.393. The lowest BCUT2D eigenvalue weighted by Gasteiger charge is -2.20. The van der Waals surface area contributed by atoms with Gasteiger partial charge in [0.1, 0.15) is 5.15 Å². The highest BCUT2D eigenvalue weighted by atomic mass is 35.5. The topological polar surface area (TPSA) is 41.4 Å². The normalized spacial score (nSPS) is 13.1. The summed E-state index contributed by atoms with van der Waals surface area (Å²) in [6.07, 6.45) is 3.37. The van der Waals surface area contributed by atoms with Crippen LogP contribution in [0.3, 0.4) is 0 Å². The fourth-order valence-electron chi connectivity index (χ4n) is 2.40. The van der Waals surface area contributed by atoms with Gasteiger partial charge in [-0.3, -0.25) is 0 Å². The predicted octanol–water partition coefficient (Wildman–Crippen LogP) is 3.77. The molecule has 4 nitrogen and oxygen atoms in total. The standard InChI is InChI=1S/C15H14Cl2N4/c1-21(2)8-18-15-19-12-6-3-9-7-10(16)4-5-11(9)13(12)14(17)20-15/h4-5,7-8H,3,6H2,1-2H3/b18-8+. The van der Waals surface area contributed by atoms with E-state index >= 15 is 0 Å². The Morgan fingerprint density at radius 3 is 2.76 bits per heavy atom. The van der Waals surface area contributed by atoms with E-state index in [1.807, 2.05) is 37.2 Å². The van der Waals surface area contributed by atoms with E-state index in [4.69, 9.17) is 23.2 Å². The predicted molar refractivity (Wildman–Crippen MR) is 86.7 cm³/mol. The number of benzene rings is 1. The molecule has 0 spiro atoms. The smallest absolute Gasteiger partial charge is 0.252 e. The first kappa shape index (κ1) is 14.3. The van der Waals surface area contributed by atoms with Crippen LogP contribution in [0.5, 0.6) is 0 Å². The molecule has 6 heteroatoms. The average Bonchev–Trinajstić information content (AvgIpc) is 2.44. The van der Waals surface area contributed by atoms with Crippen LogP contribution >= 0.6 is 23.2 Å². The molecule has 0 saturated heterocycles. The number of fused-ring (bicyclic) bond motifs is 3. The molecule has 0 aliphatic heterocycles. The number of aliphatic imine (C=N–C) groups is 1. The number of hydrogen-bond donors (Lipinski definition) is 0. The lowest BCUT2D eigenvalue weighted by atomic mass is 9.89. The van der Waals surface area contributed by atoms with Crippen molar-refractivity contribution in [3.05, 3.63) is 39.6 Å². The molecular formula is C15H14Cl2N4. The Hall–Kier alpha value is -1.65. The summed E-state index contributed by atoms with van der Waals surface area (Å²) < 4.78 is 0. The molecular weight excluding hydrogens is 307 g/mol. The van der Waals surface area contributed by atoms with Crippen molar-refractivity contribution >= 4 is 35.5 Å². The number of aryl methyl sites for hydroxylation is 2. The molecule has 2 aromatic rings. The van der Waals surface area contributed by atoms with Crippen LogP contribution in [0.2, 0.25) is 10.2 Å². The average molecular weight is 321 g/mol. The molecule has 0 saturated carbocycles. The van der Waals surface area contributed by atoms with Gasteiger partial charge < -0.3 is 4.90 Å². The zero-order valence-corrected chi connectivity index (χ0v) is 13.3. The first-order valence-corrected chi connectivity index (χ1v) is 7.36. The van der Waals surface area contributed by atoms with E-state index in [9.17, 15) is 0 Å². The first-order chi connectivity index (χ1) is 10.0. The SMILES string of the molecule is CN(C)/C=N/c1nc(Cl)c2c(n1)CCc1cc(Cl)ccc1-2. The van der Waals surface area contributed by atoms with Crippen LogP contribution in [0.15, 0.2) is 23.2 Å². The largest absolute Gasteiger partial charge is 0.369 e. The summed E-state index contributed by atoms with van der Waals surface area (Å²) in [6, 6.07) is 5.83. The molecule has 1 aliphatic carbocycles. The third kappa shape index (κ3) is 2.87. The summed E-state index contributed by atoms with van der Waals surface area (Å²) in [5, 5.41) is 1.18. The number of hydrogen-bond acceptors (Lipinski definition) is 3. The minimum atomic E-state index is 0.393. The van der Waals surface area contributed by atoms with E-state index < -0.39 is 0 Å². The lowest BCUT2D eigenvalue weighted by Crippen LogP contribution is -2.09. The van der Waals surface area contributed by atoms with E-state index in [1.165, 1.54) is 5.56 Å². The molecule has 0 bridgehead atoms. The van der Waals surface area contributed by atoms with Crippen LogP contribution in [0, 0.1) is 0 Å². The third-order valence-corrected chi connectivity index (χ3v) is 3.81. The molecule has 1 aromatic heterocycles. The van der Waals surface area contributed by atoms with Gasteiger partial charge >= 0.3 is 0 Å². The fraction of sp³-hybridized carbons (Fsp3) is 0.267. The Labute approximate surface area is 133 Å². The van der Waals surface area contributed by atoms with Crippen molar-refractivity contribution in [2.45, 2.75) is 12.8 Å². The molecule has 3 rings (SSSR count). The molecule has 108 valence electrons. The second-order valence-electron chi connectivity index (χ2n) is 5.15. The number of nitrogens with zero attached hydrogens (tertiary/aromatic N) is 4. The monoisotopic (exact) mass is 320 g/mol. The fourth-order valence-corrected chi connectivity index (χ4v) is 2.88. The number of aromatic nitrogens is 2. The molecule has 0 unspecified atom stereocenters. The van der Waals surface area contributed by atoms with Crippen molar-refractivity contribution in [2.24, 2.45) is 4.99 Å². The quantitative estimate of drug-likeness (QED) is 0.480. The van der Waals surface area contributed by atoms with Gasteiger partial charge in [-0.05, 0) is 36.1 Å². The second-order valence-corrected chi connectivity index (χ2v) is 5.94. The van der Waals surface area contributed by atoms with Gasteiger partial charge in [-0.25, -0.2) is 9.98 Å². The maximum atomic E-state index is 6.36. The van der Waals surface area contributed by atoms with Gasteiger partial charge in [0.2, 0.25) is 0 Å². The Kier molecular flexibility index (Phi) is 3.83. The summed E-state index contributed by atoms with van der Waals surface area (Å²) >= 11 is 12.4. The van der Waals surface area contributed by atoms with Crippen molar-refractivity contribution < 1.29 is 0 Å². The van der Waals surface area contributed by atoms with Crippen LogP contribution < -0.4 is 0 Å². The van der Waals surface area contributed by atoms with Gasteiger partial charge in [0, 0.05) is 24.7 Å². The molecule has 0 N–H and O–H groups in total. The maximum absolute atomic E-state index is 6.36. The van der Waals surface area contributed by atoms with Crippen molar-refractivity contribution in [1.29, 1.82) is 0 Å². The van der Waals surface area contributed by atoms with Gasteiger partial charge in [0.15, 0.2) is 0 Å². The van der Waals surface area contributed by atoms with Gasteiger partial charge in [-0.2, -0.15) is 4.98 Å². The molecule has 0 fully saturated rings. The lowest BCUT2D eigenvalue weighted by molar-refractivity contribution is 0.642. The van der Waals surface area contributed by atoms with Crippen molar-refractivity contribution in [1.82, 2.24) is 14.9 Å². The van der Waals surface area contributed by atoms with Gasteiger partial charge in [-0.1, -0.05) is 29.3 Å². The summed E-state index contributed by atoms with van der Waals surface area (Å²) in [5.41, 5.74) is 4.09. The van der Waals surface area contributed by atoms with Gasteiger partial charge in [-0.15, -0.1) is 0 Å². The molecule has 1 aromatic carbocycles. The highest BCUT2D eigenvalue weighted by Gasteiger charge is 2.22. The minimum absolute atomic E-state index is 0.393. The number of rotatable bonds is 2. The first-order valence-electron chi connectivity index (χ1n) is 6.60. The summed E-state index contributed by atoms with van der Waals surface area (Å²) in [6.45, 7) is 0. The van der Waals surface area contributed by atoms with E-state index in [-0.39, 0.29) is 0 Å². The van der Waals surface area contributed by atoms with Crippen molar-refractivity contribution in [3.8, 4) is 11.1 Å². The van der Waals surface area contributed by atoms with Crippen molar-refractivity contribution in [2.75, 3.05) is 14.1 Å². The van der Waals surface area contributed by atoms with Crippen LogP contribution in [0.4, 0.5) is 5.95 Å². The van der Waals surface area contributed by atoms with Gasteiger partial charge in [0.25, 0.3) is 5.95 Å². The van der Waals surface area contributed by atoms with Crippen molar-refractivity contribution in [3.63, 3.8) is 0 Å². The summed E-state index contributed by atoms with van der Waals surface area (Å²) in [4.78, 5) is 14.8. The highest BCUT2D eigenvalue weighted by molar-refractivity contribution is 6.32. The zero-order valence-electron chi connectivity index (χ0n) is 11.8. The molecule has 1 aliphatic rings. The Morgan fingerprint density at radius 2 is 2.00 bits per heavy atom. The maximum Gasteiger partial charge on any atom is 0.252 e. The van der Waals surface area contributed by atoms with Crippen LogP contribution in [-0.2, 0) is 12.8 Å². The summed E-state index contributed by atoms with van der Waals surface area (Å²) in [7, 11) is 3.78. The molecule has 0 radical (unpaired) electrons. The second kappa shape index (κ2) is 5.62. The van der Waals surface area contributed by atoms with E-state index in [0.717, 1.165) is 34.7 Å². The highest BCUT2D eigenvalue weighted by Crippen LogP contribution is 2.38. The van der Waals surface area contributed by atoms with Gasteiger partial charge in [0.05, 0.1) is 12.0 Å². The third-order valence-electron chi connectivity index (χ3n) is 3.30. The van der Waals surface area contributed by atoms with E-state index in [0.29, 0.717) is 11.1 Å². The molecule has 0 atom stereocenters.